The maximum absolute atomic E-state index is 13.4. The summed E-state index contributed by atoms with van der Waals surface area (Å²) < 4.78 is 29.0. The molecule has 0 atom stereocenters. The van der Waals surface area contributed by atoms with Crippen LogP contribution in [-0.2, 0) is 0 Å². The van der Waals surface area contributed by atoms with Gasteiger partial charge in [-0.2, -0.15) is 0 Å². The Kier molecular flexibility index (Phi) is 5.24. The Morgan fingerprint density at radius 2 is 1.78 bits per heavy atom. The summed E-state index contributed by atoms with van der Waals surface area (Å²) in [4.78, 5) is 29.1. The molecular weight excluding hydrogens is 466 g/mol. The maximum atomic E-state index is 13.4. The van der Waals surface area contributed by atoms with E-state index >= 15 is 0 Å². The molecule has 3 heterocycles. The third-order valence-electron chi connectivity index (χ3n) is 6.47. The number of anilines is 3. The monoisotopic (exact) mass is 488 g/mol. The summed E-state index contributed by atoms with van der Waals surface area (Å²) in [5.74, 6) is -0.556. The van der Waals surface area contributed by atoms with Gasteiger partial charge >= 0.3 is 6.03 Å². The van der Waals surface area contributed by atoms with E-state index < -0.39 is 17.7 Å². The highest BCUT2D eigenvalue weighted by Crippen LogP contribution is 2.38. The van der Waals surface area contributed by atoms with Crippen molar-refractivity contribution in [2.24, 2.45) is 0 Å². The molecule has 36 heavy (non-hydrogen) atoms. The smallest absolute Gasteiger partial charge is 0.323 e. The van der Waals surface area contributed by atoms with Crippen LogP contribution >= 0.6 is 0 Å². The zero-order chi connectivity index (χ0) is 24.8. The number of aromatic amines is 1. The predicted molar refractivity (Wildman–Crippen MR) is 134 cm³/mol. The zero-order valence-corrected chi connectivity index (χ0v) is 19.1. The number of halogens is 2. The van der Waals surface area contributed by atoms with Gasteiger partial charge in [-0.3, -0.25) is 0 Å². The van der Waals surface area contributed by atoms with Crippen LogP contribution in [0.4, 0.5) is 30.8 Å². The lowest BCUT2D eigenvalue weighted by Gasteiger charge is -2.12. The van der Waals surface area contributed by atoms with Crippen molar-refractivity contribution < 1.29 is 13.6 Å². The van der Waals surface area contributed by atoms with Crippen molar-refractivity contribution in [3.63, 3.8) is 0 Å². The summed E-state index contributed by atoms with van der Waals surface area (Å²) in [6, 6.07) is 7.71. The van der Waals surface area contributed by atoms with E-state index in [2.05, 4.69) is 30.2 Å². The number of hydrogen-bond acceptors (Lipinski definition) is 5. The van der Waals surface area contributed by atoms with Gasteiger partial charge in [-0.25, -0.2) is 28.5 Å². The zero-order valence-electron chi connectivity index (χ0n) is 19.1. The van der Waals surface area contributed by atoms with E-state index in [1.807, 2.05) is 6.20 Å². The first-order chi connectivity index (χ1) is 17.4. The second kappa shape index (κ2) is 8.59. The molecule has 0 radical (unpaired) electrons. The number of urea groups is 1. The average molecular weight is 489 g/mol. The highest BCUT2D eigenvalue weighted by molar-refractivity contribution is 6.02. The van der Waals surface area contributed by atoms with E-state index in [9.17, 15) is 13.6 Å². The summed E-state index contributed by atoms with van der Waals surface area (Å²) in [6.45, 7) is 0. The first-order valence-corrected chi connectivity index (χ1v) is 11.6. The van der Waals surface area contributed by atoms with Crippen molar-refractivity contribution in [2.75, 3.05) is 16.4 Å². The fraction of sp³-hybridized carbons (Fsp3) is 0.200. The Labute approximate surface area is 203 Å². The van der Waals surface area contributed by atoms with Gasteiger partial charge in [0.15, 0.2) is 0 Å². The molecule has 1 aliphatic rings. The van der Waals surface area contributed by atoms with Crippen LogP contribution in [0.3, 0.4) is 0 Å². The first-order valence-electron chi connectivity index (χ1n) is 11.6. The number of nitrogens with one attached hydrogen (secondary N) is 3. The molecule has 0 aliphatic heterocycles. The van der Waals surface area contributed by atoms with Gasteiger partial charge in [-0.15, -0.1) is 0 Å². The largest absolute Gasteiger partial charge is 0.383 e. The van der Waals surface area contributed by atoms with Gasteiger partial charge in [0.05, 0.1) is 16.4 Å². The predicted octanol–water partition coefficient (Wildman–Crippen LogP) is 5.59. The molecule has 0 saturated heterocycles. The van der Waals surface area contributed by atoms with Gasteiger partial charge in [-0.05, 0) is 43.2 Å². The minimum Gasteiger partial charge on any atom is -0.383 e. The fourth-order valence-electron chi connectivity index (χ4n) is 4.88. The normalized spacial score (nSPS) is 14.1. The van der Waals surface area contributed by atoms with Crippen molar-refractivity contribution in [1.29, 1.82) is 0 Å². The maximum Gasteiger partial charge on any atom is 0.323 e. The third-order valence-corrected chi connectivity index (χ3v) is 6.47. The molecule has 0 unspecified atom stereocenters. The molecule has 2 amide bonds. The van der Waals surface area contributed by atoms with Gasteiger partial charge < -0.3 is 25.9 Å². The minimum atomic E-state index is -0.781. The van der Waals surface area contributed by atoms with Crippen LogP contribution in [0.1, 0.15) is 31.7 Å². The quantitative estimate of drug-likeness (QED) is 0.262. The lowest BCUT2D eigenvalue weighted by Crippen LogP contribution is -2.19. The van der Waals surface area contributed by atoms with E-state index in [0.717, 1.165) is 47.6 Å². The van der Waals surface area contributed by atoms with Gasteiger partial charge in [0.2, 0.25) is 0 Å². The standard InChI is InChI=1S/C25H22F2N8O/c26-13-7-14(27)9-16(8-13)32-25(36)31-15-5-6-19-20(10-15)34-23(33-19)18-11-35(17-3-1-2-4-17)24-21(18)22(28)29-12-30-24/h5-12,17H,1-4H2,(H,33,34)(H2,28,29,30)(H2,31,32,36). The van der Waals surface area contributed by atoms with Crippen LogP contribution in [0.15, 0.2) is 48.9 Å². The van der Waals surface area contributed by atoms with Gasteiger partial charge in [0, 0.05) is 35.2 Å². The molecule has 2 aromatic carbocycles. The molecule has 11 heteroatoms. The van der Waals surface area contributed by atoms with E-state index in [-0.39, 0.29) is 5.69 Å². The number of rotatable bonds is 4. The third kappa shape index (κ3) is 3.98. The second-order valence-corrected chi connectivity index (χ2v) is 8.90. The molecule has 1 aliphatic carbocycles. The minimum absolute atomic E-state index is 0.00775. The Morgan fingerprint density at radius 1 is 1.03 bits per heavy atom. The molecular formula is C25H22F2N8O. The van der Waals surface area contributed by atoms with Crippen LogP contribution in [0.5, 0.6) is 0 Å². The number of carbonyl (C=O) groups is 1. The number of nitrogens with zero attached hydrogens (tertiary/aromatic N) is 4. The molecule has 182 valence electrons. The number of carbonyl (C=O) groups excluding carboxylic acids is 1. The molecule has 0 bridgehead atoms. The van der Waals surface area contributed by atoms with E-state index in [4.69, 9.17) is 10.7 Å². The Morgan fingerprint density at radius 3 is 2.56 bits per heavy atom. The molecule has 9 nitrogen and oxygen atoms in total. The van der Waals surface area contributed by atoms with Crippen LogP contribution in [0, 0.1) is 11.6 Å². The van der Waals surface area contributed by atoms with Crippen molar-refractivity contribution in [1.82, 2.24) is 24.5 Å². The van der Waals surface area contributed by atoms with Crippen LogP contribution < -0.4 is 16.4 Å². The summed E-state index contributed by atoms with van der Waals surface area (Å²) in [5, 5.41) is 5.84. The highest BCUT2D eigenvalue weighted by Gasteiger charge is 2.24. The number of aromatic nitrogens is 5. The Hall–Kier alpha value is -4.54. The highest BCUT2D eigenvalue weighted by atomic mass is 19.1. The average Bonchev–Trinajstić information content (AvgIpc) is 3.56. The molecule has 5 N–H and O–H groups in total. The number of nitrogen functional groups attached to an aromatic ring is 1. The number of imidazole rings is 1. The number of nitrogens with two attached hydrogens (primary N) is 1. The molecule has 1 fully saturated rings. The number of hydrogen-bond donors (Lipinski definition) is 4. The SMILES string of the molecule is Nc1ncnc2c1c(-c1nc3ccc(NC(=O)Nc4cc(F)cc(F)c4)cc3[nH]1)cn2C1CCCC1. The summed E-state index contributed by atoms with van der Waals surface area (Å²) in [7, 11) is 0. The Balaban J connectivity index is 1.31. The van der Waals surface area contributed by atoms with Crippen LogP contribution in [0.25, 0.3) is 33.5 Å². The Bertz CT molecular complexity index is 1600. The number of fused-ring (bicyclic) bond motifs is 2. The molecule has 3 aromatic heterocycles. The lowest BCUT2D eigenvalue weighted by molar-refractivity contribution is 0.262. The van der Waals surface area contributed by atoms with Gasteiger partial charge in [0.25, 0.3) is 0 Å². The molecule has 1 saturated carbocycles. The molecule has 6 rings (SSSR count). The van der Waals surface area contributed by atoms with Crippen LogP contribution in [0.2, 0.25) is 0 Å². The van der Waals surface area contributed by atoms with E-state index in [1.165, 1.54) is 19.2 Å². The number of benzene rings is 2. The fourth-order valence-corrected chi connectivity index (χ4v) is 4.88. The number of amides is 2. The lowest BCUT2D eigenvalue weighted by atomic mass is 10.2. The molecule has 0 spiro atoms. The van der Waals surface area contributed by atoms with Crippen molar-refractivity contribution in [3.8, 4) is 11.4 Å². The summed E-state index contributed by atoms with van der Waals surface area (Å²) in [5.41, 5.74) is 9.72. The van der Waals surface area contributed by atoms with Gasteiger partial charge in [-0.1, -0.05) is 12.8 Å². The molecule has 5 aromatic rings. The van der Waals surface area contributed by atoms with Crippen molar-refractivity contribution in [3.05, 3.63) is 60.6 Å². The van der Waals surface area contributed by atoms with E-state index in [0.29, 0.717) is 34.4 Å². The van der Waals surface area contributed by atoms with Gasteiger partial charge in [0.1, 0.15) is 35.3 Å². The number of H-pyrrole nitrogens is 1. The van der Waals surface area contributed by atoms with Crippen molar-refractivity contribution in [2.45, 2.75) is 31.7 Å². The second-order valence-electron chi connectivity index (χ2n) is 8.90. The topological polar surface area (TPSA) is 127 Å². The first kappa shape index (κ1) is 22.0. The summed E-state index contributed by atoms with van der Waals surface area (Å²) >= 11 is 0. The van der Waals surface area contributed by atoms with Crippen LogP contribution in [-0.4, -0.2) is 30.5 Å². The van der Waals surface area contributed by atoms with Crippen molar-refractivity contribution >= 4 is 45.3 Å². The van der Waals surface area contributed by atoms with E-state index in [1.54, 1.807) is 18.2 Å². The summed E-state index contributed by atoms with van der Waals surface area (Å²) in [6.07, 6.45) is 8.06.